The topological polar surface area (TPSA) is 117 Å². The summed E-state index contributed by atoms with van der Waals surface area (Å²) in [6.45, 7) is 3.18. The lowest BCUT2D eigenvalue weighted by Crippen LogP contribution is -2.77. The molecule has 1 saturated heterocycles. The van der Waals surface area contributed by atoms with Crippen molar-refractivity contribution < 1.29 is 22.6 Å². The molecule has 2 N–H and O–H groups in total. The molecule has 8 nitrogen and oxygen atoms in total. The Hall–Kier alpha value is -2.30. The number of carbonyl (C=O) groups is 2. The number of carbonyl (C=O) groups excluding carboxylic acids is 2. The molecule has 1 aliphatic heterocycles. The molecule has 2 amide bonds. The van der Waals surface area contributed by atoms with Crippen LogP contribution in [0, 0.1) is 6.92 Å². The predicted molar refractivity (Wildman–Crippen MR) is 94.7 cm³/mol. The van der Waals surface area contributed by atoms with Gasteiger partial charge in [-0.2, -0.15) is 8.42 Å². The molecule has 0 radical (unpaired) electrons. The van der Waals surface area contributed by atoms with Crippen molar-refractivity contribution in [1.29, 1.82) is 0 Å². The molecule has 0 aliphatic carbocycles. The number of β-lactam (4-membered cyclic amide) rings is 1. The van der Waals surface area contributed by atoms with Gasteiger partial charge >= 0.3 is 10.3 Å². The van der Waals surface area contributed by atoms with Crippen molar-refractivity contribution in [2.75, 3.05) is 0 Å². The normalized spacial score (nSPS) is 22.8. The summed E-state index contributed by atoms with van der Waals surface area (Å²) in [5, 5.41) is 4.85. The second-order valence-electron chi connectivity index (χ2n) is 6.14. The van der Waals surface area contributed by atoms with Crippen molar-refractivity contribution in [2.45, 2.75) is 31.8 Å². The van der Waals surface area contributed by atoms with Gasteiger partial charge in [-0.05, 0) is 19.4 Å². The van der Waals surface area contributed by atoms with Crippen molar-refractivity contribution in [3.63, 3.8) is 0 Å². The zero-order valence-corrected chi connectivity index (χ0v) is 15.7. The van der Waals surface area contributed by atoms with E-state index in [0.29, 0.717) is 15.0 Å². The van der Waals surface area contributed by atoms with Crippen LogP contribution in [0.15, 0.2) is 35.7 Å². The van der Waals surface area contributed by atoms with Crippen LogP contribution in [-0.2, 0) is 31.9 Å². The first-order valence-electron chi connectivity index (χ1n) is 7.71. The van der Waals surface area contributed by atoms with Crippen molar-refractivity contribution in [1.82, 2.24) is 14.6 Å². The molecular formula is C16H17N3O5S2. The zero-order chi connectivity index (χ0) is 19.1. The van der Waals surface area contributed by atoms with Crippen LogP contribution < -0.4 is 5.32 Å². The minimum absolute atomic E-state index is 0.0443. The van der Waals surface area contributed by atoms with Gasteiger partial charge in [-0.15, -0.1) is 11.3 Å². The van der Waals surface area contributed by atoms with E-state index in [-0.39, 0.29) is 6.42 Å². The number of hydrogen-bond acceptors (Lipinski definition) is 6. The van der Waals surface area contributed by atoms with Crippen LogP contribution in [0.2, 0.25) is 0 Å². The number of aromatic nitrogens is 1. The van der Waals surface area contributed by atoms with Gasteiger partial charge in [0.2, 0.25) is 5.91 Å². The Bertz CT molecular complexity index is 957. The summed E-state index contributed by atoms with van der Waals surface area (Å²) in [5.74, 6) is -1.33. The molecule has 0 bridgehead atoms. The zero-order valence-electron chi connectivity index (χ0n) is 14.0. The van der Waals surface area contributed by atoms with Crippen LogP contribution in [0.5, 0.6) is 0 Å². The Morgan fingerprint density at radius 1 is 1.38 bits per heavy atom. The monoisotopic (exact) mass is 395 g/mol. The van der Waals surface area contributed by atoms with Crippen LogP contribution in [0.3, 0.4) is 0 Å². The van der Waals surface area contributed by atoms with E-state index in [1.807, 2.05) is 6.07 Å². The fourth-order valence-electron chi connectivity index (χ4n) is 3.03. The van der Waals surface area contributed by atoms with E-state index in [1.165, 1.54) is 18.3 Å². The maximum absolute atomic E-state index is 12.3. The standard InChI is InChI=1S/C16H17N3O5S2/c1-10-17-12(9-25-10)16(2)14(15(21)19(16)26(22,23)24)18-13(20)8-11-6-4-3-5-7-11/h3-7,9,14H,8H2,1-2H3,(H,18,20)(H,22,23,24)/t14?,16-/m1/s1. The van der Waals surface area contributed by atoms with E-state index in [0.717, 1.165) is 5.56 Å². The van der Waals surface area contributed by atoms with Gasteiger partial charge in [-0.1, -0.05) is 30.3 Å². The highest BCUT2D eigenvalue weighted by atomic mass is 32.2. The molecular weight excluding hydrogens is 378 g/mol. The lowest BCUT2D eigenvalue weighted by Gasteiger charge is -2.51. The van der Waals surface area contributed by atoms with Crippen molar-refractivity contribution in [3.05, 3.63) is 52.0 Å². The SMILES string of the molecule is Cc1nc([C@]2(C)C(NC(=O)Cc3ccccc3)C(=O)N2S(=O)(=O)O)cs1. The van der Waals surface area contributed by atoms with Gasteiger partial charge < -0.3 is 5.32 Å². The van der Waals surface area contributed by atoms with Crippen LogP contribution in [0.25, 0.3) is 0 Å². The van der Waals surface area contributed by atoms with Crippen molar-refractivity contribution in [2.24, 2.45) is 0 Å². The van der Waals surface area contributed by atoms with Gasteiger partial charge in [0.25, 0.3) is 5.91 Å². The molecule has 1 fully saturated rings. The lowest BCUT2D eigenvalue weighted by molar-refractivity contribution is -0.154. The molecule has 2 heterocycles. The second kappa shape index (κ2) is 6.45. The molecule has 138 valence electrons. The average molecular weight is 395 g/mol. The van der Waals surface area contributed by atoms with Crippen LogP contribution >= 0.6 is 11.3 Å². The Kier molecular flexibility index (Phi) is 4.59. The van der Waals surface area contributed by atoms with Gasteiger partial charge in [0.15, 0.2) is 0 Å². The van der Waals surface area contributed by atoms with E-state index in [2.05, 4.69) is 10.3 Å². The Morgan fingerprint density at radius 3 is 2.58 bits per heavy atom. The van der Waals surface area contributed by atoms with E-state index >= 15 is 0 Å². The number of nitrogens with zero attached hydrogens (tertiary/aromatic N) is 2. The summed E-state index contributed by atoms with van der Waals surface area (Å²) in [4.78, 5) is 28.9. The van der Waals surface area contributed by atoms with Crippen molar-refractivity contribution in [3.8, 4) is 0 Å². The second-order valence-corrected chi connectivity index (χ2v) is 8.47. The quantitative estimate of drug-likeness (QED) is 0.577. The molecule has 1 aromatic heterocycles. The summed E-state index contributed by atoms with van der Waals surface area (Å²) < 4.78 is 33.1. The molecule has 1 unspecified atom stereocenters. The molecule has 2 aromatic rings. The highest BCUT2D eigenvalue weighted by Gasteiger charge is 2.64. The van der Waals surface area contributed by atoms with Gasteiger partial charge in [0.05, 0.1) is 17.1 Å². The molecule has 10 heteroatoms. The summed E-state index contributed by atoms with van der Waals surface area (Å²) in [5.41, 5.74) is -0.432. The average Bonchev–Trinajstić information content (AvgIpc) is 2.99. The number of benzene rings is 1. The lowest BCUT2D eigenvalue weighted by atomic mass is 9.80. The Labute approximate surface area is 154 Å². The molecule has 2 atom stereocenters. The third-order valence-corrected chi connectivity index (χ3v) is 6.11. The van der Waals surface area contributed by atoms with E-state index in [4.69, 9.17) is 0 Å². The summed E-state index contributed by atoms with van der Waals surface area (Å²) in [6.07, 6.45) is 0.0443. The number of thiazole rings is 1. The maximum Gasteiger partial charge on any atom is 0.363 e. The predicted octanol–water partition coefficient (Wildman–Crippen LogP) is 1.04. The van der Waals surface area contributed by atoms with Gasteiger partial charge in [-0.3, -0.25) is 14.1 Å². The number of aryl methyl sites for hydroxylation is 1. The fraction of sp³-hybridized carbons (Fsp3) is 0.312. The maximum atomic E-state index is 12.3. The molecule has 26 heavy (non-hydrogen) atoms. The minimum Gasteiger partial charge on any atom is -0.342 e. The summed E-state index contributed by atoms with van der Waals surface area (Å²) in [7, 11) is -4.79. The summed E-state index contributed by atoms with van der Waals surface area (Å²) in [6, 6.07) is 7.81. The highest BCUT2D eigenvalue weighted by molar-refractivity contribution is 7.84. The minimum atomic E-state index is -4.79. The molecule has 1 aromatic carbocycles. The first kappa shape index (κ1) is 18.5. The van der Waals surface area contributed by atoms with Crippen LogP contribution in [0.4, 0.5) is 0 Å². The first-order chi connectivity index (χ1) is 12.1. The van der Waals surface area contributed by atoms with Gasteiger partial charge in [0.1, 0.15) is 11.6 Å². The summed E-state index contributed by atoms with van der Waals surface area (Å²) >= 11 is 1.28. The largest absolute Gasteiger partial charge is 0.363 e. The molecule has 1 aliphatic rings. The Balaban J connectivity index is 1.88. The molecule has 0 spiro atoms. The molecule has 3 rings (SSSR count). The van der Waals surface area contributed by atoms with Crippen LogP contribution in [-0.4, -0.2) is 40.1 Å². The van der Waals surface area contributed by atoms with E-state index in [1.54, 1.807) is 36.6 Å². The van der Waals surface area contributed by atoms with E-state index in [9.17, 15) is 22.6 Å². The fourth-order valence-corrected chi connectivity index (χ4v) is 4.77. The third kappa shape index (κ3) is 3.11. The smallest absolute Gasteiger partial charge is 0.342 e. The number of nitrogens with one attached hydrogen (secondary N) is 1. The Morgan fingerprint density at radius 2 is 2.04 bits per heavy atom. The number of rotatable bonds is 5. The third-order valence-electron chi connectivity index (χ3n) is 4.31. The first-order valence-corrected chi connectivity index (χ1v) is 9.99. The molecule has 0 saturated carbocycles. The number of amides is 2. The highest BCUT2D eigenvalue weighted by Crippen LogP contribution is 2.43. The van der Waals surface area contributed by atoms with E-state index < -0.39 is 33.7 Å². The van der Waals surface area contributed by atoms with Gasteiger partial charge in [0, 0.05) is 5.38 Å². The number of hydrogen-bond donors (Lipinski definition) is 2. The van der Waals surface area contributed by atoms with Gasteiger partial charge in [-0.25, -0.2) is 9.29 Å². The van der Waals surface area contributed by atoms with Crippen molar-refractivity contribution >= 4 is 33.5 Å². The van der Waals surface area contributed by atoms with Crippen LogP contribution in [0.1, 0.15) is 23.2 Å².